The molecule has 3 rings (SSSR count). The van der Waals surface area contributed by atoms with Crippen LogP contribution in [0.5, 0.6) is 0 Å². The fourth-order valence-corrected chi connectivity index (χ4v) is 3.96. The van der Waals surface area contributed by atoms with Crippen molar-refractivity contribution in [3.8, 4) is 0 Å². The van der Waals surface area contributed by atoms with Crippen molar-refractivity contribution in [2.45, 2.75) is 38.3 Å². The van der Waals surface area contributed by atoms with Gasteiger partial charge in [0.2, 0.25) is 0 Å². The van der Waals surface area contributed by atoms with Crippen LogP contribution < -0.4 is 0 Å². The van der Waals surface area contributed by atoms with Crippen LogP contribution in [0.2, 0.25) is 0 Å². The number of ether oxygens (including phenoxy) is 1. The van der Waals surface area contributed by atoms with E-state index < -0.39 is 5.67 Å². The molecule has 3 fully saturated rings. The number of piperidine rings is 1. The summed E-state index contributed by atoms with van der Waals surface area (Å²) in [6.07, 6.45) is 2.87. The van der Waals surface area contributed by atoms with E-state index in [0.717, 1.165) is 43.7 Å². The summed E-state index contributed by atoms with van der Waals surface area (Å²) in [6.45, 7) is 5.47. The minimum absolute atomic E-state index is 0. The van der Waals surface area contributed by atoms with E-state index >= 15 is 0 Å². The van der Waals surface area contributed by atoms with Crippen LogP contribution in [-0.2, 0) is 9.53 Å². The number of hydrogen-bond donors (Lipinski definition) is 0. The molecule has 2 saturated heterocycles. The number of alkyl halides is 1. The van der Waals surface area contributed by atoms with E-state index in [9.17, 15) is 9.18 Å². The van der Waals surface area contributed by atoms with E-state index in [1.54, 1.807) is 6.92 Å². The van der Waals surface area contributed by atoms with Gasteiger partial charge >= 0.3 is 0 Å². The number of halogens is 1. The fraction of sp³-hybridized carbons (Fsp3) is 0.933. The second kappa shape index (κ2) is 6.91. The standard InChI is InChI=1S/C15H24FNO2.Ar/c1-11(18)2-3-12-13-8-17(9-14(12)13)10-15(16)4-6-19-7-5-15;/h12-14H,2-10H2,1H3;. The van der Waals surface area contributed by atoms with Crippen molar-refractivity contribution in [3.63, 3.8) is 0 Å². The molecule has 1 saturated carbocycles. The predicted molar refractivity (Wildman–Crippen MR) is 70.7 cm³/mol. The summed E-state index contributed by atoms with van der Waals surface area (Å²) in [4.78, 5) is 13.3. The van der Waals surface area contributed by atoms with Gasteiger partial charge in [-0.25, -0.2) is 4.39 Å². The average molecular weight is 309 g/mol. The van der Waals surface area contributed by atoms with Gasteiger partial charge in [0.05, 0.1) is 0 Å². The Morgan fingerprint density at radius 3 is 2.45 bits per heavy atom. The molecule has 2 heterocycles. The maximum absolute atomic E-state index is 14.6. The van der Waals surface area contributed by atoms with Crippen LogP contribution in [-0.4, -0.2) is 49.2 Å². The van der Waals surface area contributed by atoms with Gasteiger partial charge in [0.15, 0.2) is 0 Å². The smallest absolute Gasteiger partial charge is 0.129 e. The van der Waals surface area contributed by atoms with E-state index in [1.807, 2.05) is 0 Å². The number of nitrogens with zero attached hydrogens (tertiary/aromatic N) is 1. The first kappa shape index (κ1) is 17.1. The number of hydrogen-bond acceptors (Lipinski definition) is 3. The quantitative estimate of drug-likeness (QED) is 0.778. The Balaban J connectivity index is 0.00000147. The monoisotopic (exact) mass is 309 g/mol. The Bertz CT molecular complexity index is 348. The van der Waals surface area contributed by atoms with Crippen LogP contribution in [0, 0.1) is 55.5 Å². The molecular weight excluding hydrogens is 285 g/mol. The molecular formula is C15H24ArFNO2. The molecule has 0 spiro atoms. The second-order valence-corrected chi connectivity index (χ2v) is 6.69. The Labute approximate surface area is 150 Å². The van der Waals surface area contributed by atoms with Crippen molar-refractivity contribution in [2.24, 2.45) is 17.8 Å². The molecule has 0 amide bonds. The minimum atomic E-state index is -1.02. The van der Waals surface area contributed by atoms with Gasteiger partial charge in [-0.3, -0.25) is 4.90 Å². The van der Waals surface area contributed by atoms with Crippen molar-refractivity contribution in [1.29, 1.82) is 0 Å². The molecule has 1 aliphatic carbocycles. The van der Waals surface area contributed by atoms with Gasteiger partial charge in [0.25, 0.3) is 0 Å². The zero-order chi connectivity index (χ0) is 13.5. The number of carbonyl (C=O) groups is 1. The van der Waals surface area contributed by atoms with E-state index in [2.05, 4.69) is 4.90 Å². The molecule has 0 radical (unpaired) electrons. The van der Waals surface area contributed by atoms with Crippen molar-refractivity contribution >= 4 is 5.78 Å². The molecule has 0 aromatic rings. The van der Waals surface area contributed by atoms with Gasteiger partial charge in [-0.05, 0) is 31.1 Å². The van der Waals surface area contributed by atoms with Crippen LogP contribution in [0.1, 0.15) is 32.6 Å². The summed E-state index contributed by atoms with van der Waals surface area (Å²) < 4.78 is 19.8. The Hall–Kier alpha value is 0.780. The van der Waals surface area contributed by atoms with Crippen molar-refractivity contribution in [1.82, 2.24) is 4.90 Å². The normalized spacial score (nSPS) is 35.2. The van der Waals surface area contributed by atoms with Crippen molar-refractivity contribution in [3.05, 3.63) is 0 Å². The summed E-state index contributed by atoms with van der Waals surface area (Å²) in [6, 6.07) is 0. The molecule has 2 atom stereocenters. The third kappa shape index (κ3) is 3.95. The van der Waals surface area contributed by atoms with Gasteiger partial charge in [-0.2, -0.15) is 0 Å². The SMILES string of the molecule is CC(=O)CCC1C2CN(CC3(F)CCOCC3)CC12.[Ar]. The first-order chi connectivity index (χ1) is 9.07. The number of Topliss-reactive ketones (excluding diaryl/α,β-unsaturated/α-hetero) is 1. The molecule has 20 heavy (non-hydrogen) atoms. The molecule has 2 aliphatic heterocycles. The molecule has 116 valence electrons. The van der Waals surface area contributed by atoms with Gasteiger partial charge in [0.1, 0.15) is 11.5 Å². The van der Waals surface area contributed by atoms with E-state index in [-0.39, 0.29) is 37.7 Å². The van der Waals surface area contributed by atoms with Crippen molar-refractivity contribution in [2.75, 3.05) is 32.8 Å². The maximum Gasteiger partial charge on any atom is 0.129 e. The largest absolute Gasteiger partial charge is 0.381 e. The summed E-state index contributed by atoms with van der Waals surface area (Å²) in [5, 5.41) is 0. The van der Waals surface area contributed by atoms with E-state index in [1.165, 1.54) is 0 Å². The molecule has 3 aliphatic rings. The third-order valence-corrected chi connectivity index (χ3v) is 5.17. The molecule has 0 aromatic heterocycles. The van der Waals surface area contributed by atoms with Crippen LogP contribution in [0.25, 0.3) is 0 Å². The van der Waals surface area contributed by atoms with Gasteiger partial charge in [0, 0.05) is 89.8 Å². The third-order valence-electron chi connectivity index (χ3n) is 5.17. The summed E-state index contributed by atoms with van der Waals surface area (Å²) >= 11 is 0. The van der Waals surface area contributed by atoms with Gasteiger partial charge in [-0.15, -0.1) is 0 Å². The zero-order valence-corrected chi connectivity index (χ0v) is 12.8. The molecule has 5 heteroatoms. The predicted octanol–water partition coefficient (Wildman–Crippen LogP) is 2.05. The topological polar surface area (TPSA) is 29.5 Å². The Morgan fingerprint density at radius 2 is 1.90 bits per heavy atom. The summed E-state index contributed by atoms with van der Waals surface area (Å²) in [5.41, 5.74) is -1.02. The van der Waals surface area contributed by atoms with Gasteiger partial charge in [-0.1, -0.05) is 0 Å². The van der Waals surface area contributed by atoms with Crippen LogP contribution >= 0.6 is 0 Å². The van der Waals surface area contributed by atoms with E-state index in [0.29, 0.717) is 38.4 Å². The summed E-state index contributed by atoms with van der Waals surface area (Å²) in [7, 11) is 0. The number of carbonyl (C=O) groups excluding carboxylic acids is 1. The average Bonchev–Trinajstić information content (AvgIpc) is 2.80. The number of fused-ring (bicyclic) bond motifs is 1. The Morgan fingerprint density at radius 1 is 1.30 bits per heavy atom. The molecule has 3 nitrogen and oxygen atoms in total. The molecule has 0 N–H and O–H groups in total. The Kier molecular flexibility index (Phi) is 5.92. The van der Waals surface area contributed by atoms with Gasteiger partial charge < -0.3 is 9.53 Å². The first-order valence-electron chi connectivity index (χ1n) is 7.56. The molecule has 0 aromatic carbocycles. The molecule has 2 unspecified atom stereocenters. The fourth-order valence-electron chi connectivity index (χ4n) is 3.96. The number of likely N-dealkylation sites (tertiary alicyclic amines) is 1. The van der Waals surface area contributed by atoms with E-state index in [4.69, 9.17) is 4.74 Å². The summed E-state index contributed by atoms with van der Waals surface area (Å²) in [5.74, 6) is 2.52. The zero-order valence-electron chi connectivity index (χ0n) is 12.1. The van der Waals surface area contributed by atoms with Crippen LogP contribution in [0.15, 0.2) is 0 Å². The number of ketones is 1. The van der Waals surface area contributed by atoms with Crippen molar-refractivity contribution < 1.29 is 51.7 Å². The minimum Gasteiger partial charge on any atom is -0.381 e. The number of rotatable bonds is 5. The second-order valence-electron chi connectivity index (χ2n) is 6.69. The maximum atomic E-state index is 14.6. The van der Waals surface area contributed by atoms with Crippen LogP contribution in [0.3, 0.4) is 0 Å². The molecule has 0 bridgehead atoms. The van der Waals surface area contributed by atoms with Crippen LogP contribution in [0.4, 0.5) is 4.39 Å². The first-order valence-corrected chi connectivity index (χ1v) is 7.56.